The molecule has 0 saturated heterocycles. The Morgan fingerprint density at radius 1 is 1.24 bits per heavy atom. The molecule has 1 aromatic carbocycles. The maximum Gasteiger partial charge on any atom is 0.161 e. The summed E-state index contributed by atoms with van der Waals surface area (Å²) < 4.78 is 11.0. The van der Waals surface area contributed by atoms with Gasteiger partial charge in [-0.2, -0.15) is 5.10 Å². The van der Waals surface area contributed by atoms with E-state index >= 15 is 0 Å². The van der Waals surface area contributed by atoms with Crippen LogP contribution in [0.1, 0.15) is 17.4 Å². The van der Waals surface area contributed by atoms with Crippen LogP contribution in [0.2, 0.25) is 0 Å². The van der Waals surface area contributed by atoms with Crippen LogP contribution >= 0.6 is 0 Å². The molecule has 1 aromatic heterocycles. The standard InChI is InChI=1S/C11H12N4O2/c12-10(11-13-6-14-15-11)7-1-2-8-9(5-7)17-4-3-16-8/h1-2,5-6,10H,3-4,12H2,(H,13,14,15). The molecule has 0 spiro atoms. The first-order chi connectivity index (χ1) is 8.34. The van der Waals surface area contributed by atoms with Crippen molar-refractivity contribution in [2.24, 2.45) is 5.73 Å². The highest BCUT2D eigenvalue weighted by molar-refractivity contribution is 5.45. The summed E-state index contributed by atoms with van der Waals surface area (Å²) in [6, 6.07) is 5.30. The minimum absolute atomic E-state index is 0.340. The fourth-order valence-electron chi connectivity index (χ4n) is 1.78. The van der Waals surface area contributed by atoms with Gasteiger partial charge in [-0.05, 0) is 17.7 Å². The van der Waals surface area contributed by atoms with Gasteiger partial charge in [0.25, 0.3) is 0 Å². The minimum Gasteiger partial charge on any atom is -0.486 e. The number of nitrogens with one attached hydrogen (secondary N) is 1. The summed E-state index contributed by atoms with van der Waals surface area (Å²) in [7, 11) is 0. The Morgan fingerprint density at radius 2 is 2.06 bits per heavy atom. The lowest BCUT2D eigenvalue weighted by Gasteiger charge is -2.19. The lowest BCUT2D eigenvalue weighted by Crippen LogP contribution is -2.17. The van der Waals surface area contributed by atoms with Crippen LogP contribution in [-0.4, -0.2) is 28.4 Å². The highest BCUT2D eigenvalue weighted by atomic mass is 16.6. The monoisotopic (exact) mass is 232 g/mol. The predicted molar refractivity (Wildman–Crippen MR) is 59.8 cm³/mol. The number of nitrogens with zero attached hydrogens (tertiary/aromatic N) is 2. The maximum absolute atomic E-state index is 6.06. The molecule has 88 valence electrons. The summed E-state index contributed by atoms with van der Waals surface area (Å²) in [5.41, 5.74) is 6.97. The molecule has 1 atom stereocenters. The topological polar surface area (TPSA) is 86.1 Å². The molecular formula is C11H12N4O2. The lowest BCUT2D eigenvalue weighted by atomic mass is 10.1. The first-order valence-corrected chi connectivity index (χ1v) is 5.35. The Kier molecular flexibility index (Phi) is 2.41. The van der Waals surface area contributed by atoms with Crippen LogP contribution in [0, 0.1) is 0 Å². The molecule has 0 aliphatic carbocycles. The third-order valence-corrected chi connectivity index (χ3v) is 2.65. The van der Waals surface area contributed by atoms with Gasteiger partial charge in [0.1, 0.15) is 25.4 Å². The van der Waals surface area contributed by atoms with Crippen LogP contribution in [0.3, 0.4) is 0 Å². The molecule has 0 fully saturated rings. The predicted octanol–water partition coefficient (Wildman–Crippen LogP) is 0.624. The van der Waals surface area contributed by atoms with Crippen molar-refractivity contribution in [2.45, 2.75) is 6.04 Å². The summed E-state index contributed by atoms with van der Waals surface area (Å²) in [5.74, 6) is 2.11. The largest absolute Gasteiger partial charge is 0.486 e. The Labute approximate surface area is 97.8 Å². The highest BCUT2D eigenvalue weighted by Crippen LogP contribution is 2.32. The number of fused-ring (bicyclic) bond motifs is 1. The molecule has 0 saturated carbocycles. The van der Waals surface area contributed by atoms with Crippen LogP contribution in [0.15, 0.2) is 24.5 Å². The summed E-state index contributed by atoms with van der Waals surface area (Å²) in [6.45, 7) is 1.15. The van der Waals surface area contributed by atoms with Crippen molar-refractivity contribution in [3.63, 3.8) is 0 Å². The van der Waals surface area contributed by atoms with E-state index in [-0.39, 0.29) is 6.04 Å². The molecule has 0 amide bonds. The molecule has 17 heavy (non-hydrogen) atoms. The molecule has 2 aromatic rings. The van der Waals surface area contributed by atoms with E-state index in [1.54, 1.807) is 0 Å². The van der Waals surface area contributed by atoms with E-state index in [1.807, 2.05) is 18.2 Å². The molecule has 1 unspecified atom stereocenters. The van der Waals surface area contributed by atoms with Crippen LogP contribution in [0.4, 0.5) is 0 Å². The fraction of sp³-hybridized carbons (Fsp3) is 0.273. The van der Waals surface area contributed by atoms with Crippen molar-refractivity contribution in [3.05, 3.63) is 35.9 Å². The van der Waals surface area contributed by atoms with Gasteiger partial charge in [-0.3, -0.25) is 5.10 Å². The van der Waals surface area contributed by atoms with Crippen molar-refractivity contribution in [3.8, 4) is 11.5 Å². The highest BCUT2D eigenvalue weighted by Gasteiger charge is 2.17. The van der Waals surface area contributed by atoms with Crippen molar-refractivity contribution in [1.82, 2.24) is 15.2 Å². The quantitative estimate of drug-likeness (QED) is 0.792. The third kappa shape index (κ3) is 1.83. The molecule has 0 bridgehead atoms. The normalized spacial score (nSPS) is 15.6. The van der Waals surface area contributed by atoms with Crippen molar-refractivity contribution in [2.75, 3.05) is 13.2 Å². The molecule has 3 N–H and O–H groups in total. The Hall–Kier alpha value is -2.08. The van der Waals surface area contributed by atoms with Gasteiger partial charge in [0.15, 0.2) is 11.5 Å². The number of aromatic amines is 1. The molecule has 1 aliphatic rings. The van der Waals surface area contributed by atoms with E-state index in [2.05, 4.69) is 15.2 Å². The Bertz CT molecular complexity index is 512. The van der Waals surface area contributed by atoms with Crippen molar-refractivity contribution >= 4 is 0 Å². The summed E-state index contributed by atoms with van der Waals surface area (Å²) in [4.78, 5) is 4.04. The minimum atomic E-state index is -0.340. The van der Waals surface area contributed by atoms with Gasteiger partial charge in [-0.15, -0.1) is 0 Å². The van der Waals surface area contributed by atoms with Crippen LogP contribution in [0.5, 0.6) is 11.5 Å². The average molecular weight is 232 g/mol. The lowest BCUT2D eigenvalue weighted by molar-refractivity contribution is 0.171. The average Bonchev–Trinajstić information content (AvgIpc) is 2.91. The van der Waals surface area contributed by atoms with Gasteiger partial charge in [-0.1, -0.05) is 6.07 Å². The number of aromatic nitrogens is 3. The van der Waals surface area contributed by atoms with Gasteiger partial charge >= 0.3 is 0 Å². The summed E-state index contributed by atoms with van der Waals surface area (Å²) in [5, 5.41) is 6.54. The first kappa shape index (κ1) is 10.1. The second-order valence-electron chi connectivity index (χ2n) is 3.75. The third-order valence-electron chi connectivity index (χ3n) is 2.65. The van der Waals surface area contributed by atoms with E-state index < -0.39 is 0 Å². The van der Waals surface area contributed by atoms with Gasteiger partial charge in [0.2, 0.25) is 0 Å². The molecule has 6 nitrogen and oxygen atoms in total. The van der Waals surface area contributed by atoms with Crippen LogP contribution in [-0.2, 0) is 0 Å². The number of ether oxygens (including phenoxy) is 2. The molecule has 3 rings (SSSR count). The zero-order chi connectivity index (χ0) is 11.7. The smallest absolute Gasteiger partial charge is 0.161 e. The van der Waals surface area contributed by atoms with Crippen molar-refractivity contribution < 1.29 is 9.47 Å². The van der Waals surface area contributed by atoms with Gasteiger partial charge in [0.05, 0.1) is 6.04 Å². The fourth-order valence-corrected chi connectivity index (χ4v) is 1.78. The van der Waals surface area contributed by atoms with E-state index in [1.165, 1.54) is 6.33 Å². The Morgan fingerprint density at radius 3 is 2.82 bits per heavy atom. The van der Waals surface area contributed by atoms with Gasteiger partial charge in [0, 0.05) is 0 Å². The second-order valence-corrected chi connectivity index (χ2v) is 3.75. The van der Waals surface area contributed by atoms with E-state index in [9.17, 15) is 0 Å². The van der Waals surface area contributed by atoms with Crippen LogP contribution in [0.25, 0.3) is 0 Å². The molecule has 1 aliphatic heterocycles. The zero-order valence-electron chi connectivity index (χ0n) is 9.09. The second kappa shape index (κ2) is 4.06. The number of rotatable bonds is 2. The van der Waals surface area contributed by atoms with E-state index in [0.29, 0.717) is 19.0 Å². The van der Waals surface area contributed by atoms with Gasteiger partial charge < -0.3 is 15.2 Å². The number of nitrogens with two attached hydrogens (primary N) is 1. The zero-order valence-corrected chi connectivity index (χ0v) is 9.09. The summed E-state index contributed by atoms with van der Waals surface area (Å²) in [6.07, 6.45) is 1.44. The molecular weight excluding hydrogens is 220 g/mol. The number of hydrogen-bond acceptors (Lipinski definition) is 5. The number of hydrogen-bond donors (Lipinski definition) is 2. The number of H-pyrrole nitrogens is 1. The van der Waals surface area contributed by atoms with E-state index in [0.717, 1.165) is 17.1 Å². The van der Waals surface area contributed by atoms with E-state index in [4.69, 9.17) is 15.2 Å². The SMILES string of the molecule is NC(c1ccc2c(c1)OCCO2)c1ncn[nH]1. The molecule has 2 heterocycles. The van der Waals surface area contributed by atoms with Crippen LogP contribution < -0.4 is 15.2 Å². The molecule has 6 heteroatoms. The molecule has 0 radical (unpaired) electrons. The maximum atomic E-state index is 6.06. The van der Waals surface area contributed by atoms with Gasteiger partial charge in [-0.25, -0.2) is 4.98 Å². The first-order valence-electron chi connectivity index (χ1n) is 5.35. The summed E-state index contributed by atoms with van der Waals surface area (Å²) >= 11 is 0. The Balaban J connectivity index is 1.93. The van der Waals surface area contributed by atoms with Crippen molar-refractivity contribution in [1.29, 1.82) is 0 Å². The number of benzene rings is 1.